The average Bonchev–Trinajstić information content (AvgIpc) is 3.09. The van der Waals surface area contributed by atoms with E-state index in [1.165, 1.54) is 19.2 Å². The van der Waals surface area contributed by atoms with Crippen LogP contribution in [0.15, 0.2) is 30.4 Å². The highest BCUT2D eigenvalue weighted by Crippen LogP contribution is 2.44. The molecule has 1 N–H and O–H groups in total. The second kappa shape index (κ2) is 5.94. The van der Waals surface area contributed by atoms with Gasteiger partial charge < -0.3 is 14.8 Å². The molecule has 1 aromatic rings. The molecule has 1 saturated carbocycles. The van der Waals surface area contributed by atoms with Gasteiger partial charge in [-0.1, -0.05) is 12.2 Å². The van der Waals surface area contributed by atoms with Crippen molar-refractivity contribution in [2.45, 2.75) is 19.5 Å². The van der Waals surface area contributed by atoms with Gasteiger partial charge in [0.2, 0.25) is 5.91 Å². The predicted octanol–water partition coefficient (Wildman–Crippen LogP) is 3.45. The van der Waals surface area contributed by atoms with Crippen molar-refractivity contribution in [2.24, 2.45) is 17.8 Å². The highest BCUT2D eigenvalue weighted by Gasteiger charge is 2.39. The van der Waals surface area contributed by atoms with Crippen molar-refractivity contribution in [3.63, 3.8) is 0 Å². The number of methoxy groups -OCH3 is 1. The molecule has 3 rings (SSSR count). The molecule has 118 valence electrons. The number of anilines is 1. The zero-order valence-corrected chi connectivity index (χ0v) is 12.1. The van der Waals surface area contributed by atoms with Crippen molar-refractivity contribution < 1.29 is 23.0 Å². The lowest BCUT2D eigenvalue weighted by Gasteiger charge is -2.18. The minimum absolute atomic E-state index is 0.0448. The van der Waals surface area contributed by atoms with Crippen molar-refractivity contribution in [3.05, 3.63) is 30.4 Å². The number of nitrogens with one attached hydrogen (secondary N) is 1. The molecule has 0 heterocycles. The van der Waals surface area contributed by atoms with Gasteiger partial charge in [0.15, 0.2) is 11.5 Å². The summed E-state index contributed by atoms with van der Waals surface area (Å²) in [6, 6.07) is 4.46. The number of allylic oxidation sites excluding steroid dienone is 2. The van der Waals surface area contributed by atoms with Crippen LogP contribution in [0.3, 0.4) is 0 Å². The van der Waals surface area contributed by atoms with E-state index in [4.69, 9.17) is 4.74 Å². The minimum atomic E-state index is -2.95. The van der Waals surface area contributed by atoms with E-state index in [9.17, 15) is 13.6 Å². The lowest BCUT2D eigenvalue weighted by molar-refractivity contribution is -0.120. The highest BCUT2D eigenvalue weighted by molar-refractivity contribution is 5.93. The molecule has 3 atom stereocenters. The van der Waals surface area contributed by atoms with E-state index in [-0.39, 0.29) is 23.3 Å². The summed E-state index contributed by atoms with van der Waals surface area (Å²) in [5, 5.41) is 2.78. The predicted molar refractivity (Wildman–Crippen MR) is 77.1 cm³/mol. The molecule has 2 aliphatic rings. The molecule has 0 saturated heterocycles. The summed E-state index contributed by atoms with van der Waals surface area (Å²) in [6.45, 7) is -2.95. The van der Waals surface area contributed by atoms with Gasteiger partial charge in [-0.05, 0) is 36.8 Å². The number of carbonyl (C=O) groups is 1. The van der Waals surface area contributed by atoms with Crippen LogP contribution in [0.2, 0.25) is 0 Å². The molecule has 0 spiro atoms. The Morgan fingerprint density at radius 3 is 2.68 bits per heavy atom. The van der Waals surface area contributed by atoms with Crippen LogP contribution in [0, 0.1) is 17.8 Å². The zero-order valence-electron chi connectivity index (χ0n) is 12.1. The second-order valence-corrected chi connectivity index (χ2v) is 5.62. The van der Waals surface area contributed by atoms with Gasteiger partial charge in [0, 0.05) is 17.7 Å². The van der Waals surface area contributed by atoms with E-state index in [0.29, 0.717) is 17.5 Å². The van der Waals surface area contributed by atoms with E-state index >= 15 is 0 Å². The van der Waals surface area contributed by atoms with E-state index < -0.39 is 6.61 Å². The van der Waals surface area contributed by atoms with E-state index in [2.05, 4.69) is 22.2 Å². The van der Waals surface area contributed by atoms with Gasteiger partial charge >= 0.3 is 6.61 Å². The van der Waals surface area contributed by atoms with Crippen LogP contribution in [-0.2, 0) is 4.79 Å². The number of rotatable bonds is 5. The Labute approximate surface area is 127 Å². The molecule has 1 aromatic carbocycles. The molecule has 0 unspecified atom stereocenters. The summed E-state index contributed by atoms with van der Waals surface area (Å²) in [5.41, 5.74) is 0.424. The fourth-order valence-corrected chi connectivity index (χ4v) is 3.26. The molecule has 2 bridgehead atoms. The van der Waals surface area contributed by atoms with Gasteiger partial charge in [0.25, 0.3) is 0 Å². The Kier molecular flexibility index (Phi) is 4.00. The maximum Gasteiger partial charge on any atom is 0.387 e. The molecule has 0 aromatic heterocycles. The van der Waals surface area contributed by atoms with Gasteiger partial charge in [0.05, 0.1) is 7.11 Å². The van der Waals surface area contributed by atoms with E-state index in [1.54, 1.807) is 6.07 Å². The fraction of sp³-hybridized carbons (Fsp3) is 0.438. The number of hydrogen-bond donors (Lipinski definition) is 1. The summed E-state index contributed by atoms with van der Waals surface area (Å²) in [5.74, 6) is 0.764. The maximum atomic E-state index is 12.4. The molecular formula is C16H17F2NO3. The summed E-state index contributed by atoms with van der Waals surface area (Å²) < 4.78 is 34.2. The molecule has 0 radical (unpaired) electrons. The first-order valence-corrected chi connectivity index (χ1v) is 7.19. The van der Waals surface area contributed by atoms with Gasteiger partial charge in [-0.25, -0.2) is 0 Å². The average molecular weight is 309 g/mol. The van der Waals surface area contributed by atoms with Crippen LogP contribution in [0.1, 0.15) is 12.8 Å². The monoisotopic (exact) mass is 309 g/mol. The number of halogens is 2. The number of alkyl halides is 2. The standard InChI is InChI=1S/C16H17F2NO3/c1-21-13-5-4-11(8-14(13)22-16(17)18)19-15(20)12-7-9-2-3-10(12)6-9/h2-5,8-10,12,16H,6-7H2,1H3,(H,19,20)/t9-,10-,12+/m0/s1. The molecule has 1 amide bonds. The maximum absolute atomic E-state index is 12.4. The van der Waals surface area contributed by atoms with Gasteiger partial charge in [0.1, 0.15) is 0 Å². The Hall–Kier alpha value is -2.11. The van der Waals surface area contributed by atoms with Gasteiger partial charge in [-0.3, -0.25) is 4.79 Å². The normalized spacial score (nSPS) is 25.5. The summed E-state index contributed by atoms with van der Waals surface area (Å²) in [7, 11) is 1.37. The number of fused-ring (bicyclic) bond motifs is 2. The Morgan fingerprint density at radius 2 is 2.09 bits per heavy atom. The van der Waals surface area contributed by atoms with Gasteiger partial charge in [-0.2, -0.15) is 8.78 Å². The quantitative estimate of drug-likeness (QED) is 0.848. The largest absolute Gasteiger partial charge is 0.493 e. The van der Waals surface area contributed by atoms with Crippen LogP contribution in [-0.4, -0.2) is 19.6 Å². The molecule has 6 heteroatoms. The van der Waals surface area contributed by atoms with Gasteiger partial charge in [-0.15, -0.1) is 0 Å². The number of hydrogen-bond acceptors (Lipinski definition) is 3. The van der Waals surface area contributed by atoms with Crippen LogP contribution >= 0.6 is 0 Å². The fourth-order valence-electron chi connectivity index (χ4n) is 3.26. The number of carbonyl (C=O) groups excluding carboxylic acids is 1. The van der Waals surface area contributed by atoms with Crippen molar-refractivity contribution in [3.8, 4) is 11.5 Å². The number of benzene rings is 1. The first-order valence-electron chi connectivity index (χ1n) is 7.19. The zero-order chi connectivity index (χ0) is 15.7. The first-order chi connectivity index (χ1) is 10.6. The van der Waals surface area contributed by atoms with Crippen molar-refractivity contribution in [1.29, 1.82) is 0 Å². The lowest BCUT2D eigenvalue weighted by Crippen LogP contribution is -2.25. The molecule has 1 fully saturated rings. The summed E-state index contributed by atoms with van der Waals surface area (Å²) in [4.78, 5) is 12.3. The van der Waals surface area contributed by atoms with Crippen molar-refractivity contribution in [1.82, 2.24) is 0 Å². The Bertz CT molecular complexity index is 603. The topological polar surface area (TPSA) is 47.6 Å². The molecule has 2 aliphatic carbocycles. The second-order valence-electron chi connectivity index (χ2n) is 5.62. The summed E-state index contributed by atoms with van der Waals surface area (Å²) in [6.07, 6.45) is 6.14. The Morgan fingerprint density at radius 1 is 1.27 bits per heavy atom. The summed E-state index contributed by atoms with van der Waals surface area (Å²) >= 11 is 0. The number of ether oxygens (including phenoxy) is 2. The smallest absolute Gasteiger partial charge is 0.387 e. The highest BCUT2D eigenvalue weighted by atomic mass is 19.3. The van der Waals surface area contributed by atoms with E-state index in [1.807, 2.05) is 0 Å². The van der Waals surface area contributed by atoms with Crippen molar-refractivity contribution >= 4 is 11.6 Å². The molecule has 0 aliphatic heterocycles. The Balaban J connectivity index is 1.72. The van der Waals surface area contributed by atoms with Crippen LogP contribution in [0.5, 0.6) is 11.5 Å². The molecule has 4 nitrogen and oxygen atoms in total. The third-order valence-corrected chi connectivity index (χ3v) is 4.26. The van der Waals surface area contributed by atoms with E-state index in [0.717, 1.165) is 12.8 Å². The van der Waals surface area contributed by atoms with Crippen molar-refractivity contribution in [2.75, 3.05) is 12.4 Å². The molecular weight excluding hydrogens is 292 g/mol. The minimum Gasteiger partial charge on any atom is -0.493 e. The SMILES string of the molecule is COc1ccc(NC(=O)[C@@H]2C[C@H]3C=C[C@H]2C3)cc1OC(F)F. The molecule has 22 heavy (non-hydrogen) atoms. The third kappa shape index (κ3) is 2.91. The first kappa shape index (κ1) is 14.8. The van der Waals surface area contributed by atoms with Crippen LogP contribution in [0.4, 0.5) is 14.5 Å². The van der Waals surface area contributed by atoms with Crippen LogP contribution in [0.25, 0.3) is 0 Å². The third-order valence-electron chi connectivity index (χ3n) is 4.26. The van der Waals surface area contributed by atoms with Crippen LogP contribution < -0.4 is 14.8 Å². The lowest BCUT2D eigenvalue weighted by atomic mass is 9.93. The number of amides is 1.